The number of amides is 2. The first-order valence-electron chi connectivity index (χ1n) is 9.63. The van der Waals surface area contributed by atoms with Gasteiger partial charge in [-0.1, -0.05) is 17.8 Å². The molecule has 2 amide bonds. The van der Waals surface area contributed by atoms with Crippen LogP contribution in [0.2, 0.25) is 0 Å². The van der Waals surface area contributed by atoms with Crippen molar-refractivity contribution in [2.75, 3.05) is 23.5 Å². The molecule has 0 saturated carbocycles. The van der Waals surface area contributed by atoms with Gasteiger partial charge in [0.05, 0.1) is 19.3 Å². The van der Waals surface area contributed by atoms with Crippen molar-refractivity contribution in [3.05, 3.63) is 72.8 Å². The number of hydrogen-bond acceptors (Lipinski definition) is 6. The van der Waals surface area contributed by atoms with Gasteiger partial charge in [-0.15, -0.1) is 16.8 Å². The standard InChI is InChI=1S/C22H22FN5O3S/c1-3-12-28-19(13-20(29)24-16-6-4-15(23)5-7-16)26-27-22(28)32-14-21(30)25-17-8-10-18(31-2)11-9-17/h3-11H,1,12-14H2,2H3,(H,24,29)(H,25,30). The molecule has 32 heavy (non-hydrogen) atoms. The molecule has 0 fully saturated rings. The van der Waals surface area contributed by atoms with Crippen molar-refractivity contribution in [3.8, 4) is 5.75 Å². The molecule has 166 valence electrons. The third-order valence-electron chi connectivity index (χ3n) is 4.26. The van der Waals surface area contributed by atoms with E-state index in [9.17, 15) is 14.0 Å². The number of nitrogens with zero attached hydrogens (tertiary/aromatic N) is 3. The molecular formula is C22H22FN5O3S. The van der Waals surface area contributed by atoms with Crippen molar-refractivity contribution in [2.24, 2.45) is 0 Å². The zero-order chi connectivity index (χ0) is 22.9. The highest BCUT2D eigenvalue weighted by Crippen LogP contribution is 2.20. The van der Waals surface area contributed by atoms with E-state index in [2.05, 4.69) is 27.4 Å². The van der Waals surface area contributed by atoms with Gasteiger partial charge in [0.1, 0.15) is 17.4 Å². The topological polar surface area (TPSA) is 98.1 Å². The summed E-state index contributed by atoms with van der Waals surface area (Å²) in [6.07, 6.45) is 1.63. The second kappa shape index (κ2) is 11.1. The molecule has 0 radical (unpaired) electrons. The van der Waals surface area contributed by atoms with Gasteiger partial charge in [0.25, 0.3) is 0 Å². The Morgan fingerprint density at radius 2 is 1.69 bits per heavy atom. The summed E-state index contributed by atoms with van der Waals surface area (Å²) in [5.41, 5.74) is 1.14. The molecule has 2 N–H and O–H groups in total. The first-order valence-corrected chi connectivity index (χ1v) is 10.6. The van der Waals surface area contributed by atoms with Gasteiger partial charge in [-0.2, -0.15) is 0 Å². The number of rotatable bonds is 10. The van der Waals surface area contributed by atoms with E-state index in [4.69, 9.17) is 4.74 Å². The summed E-state index contributed by atoms with van der Waals surface area (Å²) in [4.78, 5) is 24.6. The Kier molecular flexibility index (Phi) is 7.98. The van der Waals surface area contributed by atoms with Gasteiger partial charge in [0.15, 0.2) is 5.16 Å². The Morgan fingerprint density at radius 1 is 1.06 bits per heavy atom. The maximum Gasteiger partial charge on any atom is 0.234 e. The van der Waals surface area contributed by atoms with Crippen LogP contribution < -0.4 is 15.4 Å². The molecule has 2 aromatic carbocycles. The molecule has 0 aliphatic heterocycles. The van der Waals surface area contributed by atoms with Crippen molar-refractivity contribution in [1.29, 1.82) is 0 Å². The summed E-state index contributed by atoms with van der Waals surface area (Å²) in [7, 11) is 1.57. The molecule has 10 heteroatoms. The molecule has 1 heterocycles. The molecule has 1 aromatic heterocycles. The van der Waals surface area contributed by atoms with Gasteiger partial charge >= 0.3 is 0 Å². The average Bonchev–Trinajstić information content (AvgIpc) is 3.16. The average molecular weight is 456 g/mol. The molecule has 0 aliphatic carbocycles. The van der Waals surface area contributed by atoms with E-state index in [1.807, 2.05) is 0 Å². The molecule has 0 atom stereocenters. The molecule has 8 nitrogen and oxygen atoms in total. The highest BCUT2D eigenvalue weighted by atomic mass is 32.2. The summed E-state index contributed by atoms with van der Waals surface area (Å²) in [6.45, 7) is 4.11. The number of nitrogens with one attached hydrogen (secondary N) is 2. The Bertz CT molecular complexity index is 1080. The first-order chi connectivity index (χ1) is 15.5. The van der Waals surface area contributed by atoms with Gasteiger partial charge < -0.3 is 19.9 Å². The van der Waals surface area contributed by atoms with Gasteiger partial charge in [0.2, 0.25) is 11.8 Å². The highest BCUT2D eigenvalue weighted by molar-refractivity contribution is 7.99. The van der Waals surface area contributed by atoms with Crippen LogP contribution >= 0.6 is 11.8 Å². The summed E-state index contributed by atoms with van der Waals surface area (Å²) < 4.78 is 19.8. The molecular weight excluding hydrogens is 433 g/mol. The lowest BCUT2D eigenvalue weighted by atomic mass is 10.3. The predicted molar refractivity (Wildman–Crippen MR) is 121 cm³/mol. The number of hydrogen-bond donors (Lipinski definition) is 2. The van der Waals surface area contributed by atoms with Crippen LogP contribution in [0.3, 0.4) is 0 Å². The van der Waals surface area contributed by atoms with Crippen LogP contribution in [-0.2, 0) is 22.6 Å². The smallest absolute Gasteiger partial charge is 0.234 e. The van der Waals surface area contributed by atoms with Crippen molar-refractivity contribution >= 4 is 35.0 Å². The molecule has 0 spiro atoms. The minimum Gasteiger partial charge on any atom is -0.497 e. The lowest BCUT2D eigenvalue weighted by Gasteiger charge is -2.09. The van der Waals surface area contributed by atoms with E-state index < -0.39 is 0 Å². The van der Waals surface area contributed by atoms with Gasteiger partial charge in [-0.05, 0) is 48.5 Å². The van der Waals surface area contributed by atoms with Crippen molar-refractivity contribution in [2.45, 2.75) is 18.1 Å². The van der Waals surface area contributed by atoms with Crippen molar-refractivity contribution < 1.29 is 18.7 Å². The lowest BCUT2D eigenvalue weighted by molar-refractivity contribution is -0.116. The number of ether oxygens (including phenoxy) is 1. The molecule has 0 saturated heterocycles. The fourth-order valence-electron chi connectivity index (χ4n) is 2.75. The number of anilines is 2. The second-order valence-electron chi connectivity index (χ2n) is 6.60. The van der Waals surface area contributed by atoms with Crippen LogP contribution in [0.25, 0.3) is 0 Å². The highest BCUT2D eigenvalue weighted by Gasteiger charge is 2.16. The molecule has 0 bridgehead atoms. The fraction of sp³-hybridized carbons (Fsp3) is 0.182. The first kappa shape index (κ1) is 23.0. The van der Waals surface area contributed by atoms with Crippen molar-refractivity contribution in [3.63, 3.8) is 0 Å². The fourth-order valence-corrected chi connectivity index (χ4v) is 3.52. The lowest BCUT2D eigenvalue weighted by Crippen LogP contribution is -2.18. The third kappa shape index (κ3) is 6.42. The number of benzene rings is 2. The van der Waals surface area contributed by atoms with Crippen LogP contribution in [0, 0.1) is 5.82 Å². The Morgan fingerprint density at radius 3 is 2.31 bits per heavy atom. The van der Waals surface area contributed by atoms with Gasteiger partial charge in [-0.25, -0.2) is 4.39 Å². The van der Waals surface area contributed by atoms with Crippen LogP contribution in [0.4, 0.5) is 15.8 Å². The number of thioether (sulfide) groups is 1. The third-order valence-corrected chi connectivity index (χ3v) is 5.22. The Hall–Kier alpha value is -3.66. The number of halogens is 1. The number of aromatic nitrogens is 3. The van der Waals surface area contributed by atoms with Crippen LogP contribution in [0.5, 0.6) is 5.75 Å². The summed E-state index contributed by atoms with van der Waals surface area (Å²) in [5, 5.41) is 14.2. The Balaban J connectivity index is 1.59. The molecule has 3 rings (SSSR count). The zero-order valence-corrected chi connectivity index (χ0v) is 18.2. The molecule has 3 aromatic rings. The SMILES string of the molecule is C=CCn1c(CC(=O)Nc2ccc(F)cc2)nnc1SCC(=O)Nc1ccc(OC)cc1. The van der Waals surface area contributed by atoms with E-state index in [0.29, 0.717) is 34.6 Å². The zero-order valence-electron chi connectivity index (χ0n) is 17.4. The molecule has 0 unspecified atom stereocenters. The normalized spacial score (nSPS) is 10.4. The van der Waals surface area contributed by atoms with E-state index in [0.717, 1.165) is 0 Å². The Labute approximate surface area is 188 Å². The van der Waals surface area contributed by atoms with E-state index in [-0.39, 0.29) is 29.8 Å². The maximum absolute atomic E-state index is 13.0. The predicted octanol–water partition coefficient (Wildman–Crippen LogP) is 3.52. The number of allylic oxidation sites excluding steroid dienone is 1. The number of methoxy groups -OCH3 is 1. The second-order valence-corrected chi connectivity index (χ2v) is 7.54. The van der Waals surface area contributed by atoms with Gasteiger partial charge in [0, 0.05) is 17.9 Å². The summed E-state index contributed by atoms with van der Waals surface area (Å²) >= 11 is 1.21. The van der Waals surface area contributed by atoms with Crippen LogP contribution in [0.1, 0.15) is 5.82 Å². The quantitative estimate of drug-likeness (QED) is 0.359. The minimum atomic E-state index is -0.383. The van der Waals surface area contributed by atoms with E-state index in [1.165, 1.54) is 36.0 Å². The minimum absolute atomic E-state index is 0.0309. The molecule has 0 aliphatic rings. The summed E-state index contributed by atoms with van der Waals surface area (Å²) in [6, 6.07) is 12.5. The monoisotopic (exact) mass is 455 g/mol. The summed E-state index contributed by atoms with van der Waals surface area (Å²) in [5.74, 6) is 0.343. The van der Waals surface area contributed by atoms with E-state index >= 15 is 0 Å². The van der Waals surface area contributed by atoms with Crippen LogP contribution in [0.15, 0.2) is 66.3 Å². The number of carbonyl (C=O) groups excluding carboxylic acids is 2. The largest absolute Gasteiger partial charge is 0.497 e. The van der Waals surface area contributed by atoms with E-state index in [1.54, 1.807) is 42.0 Å². The van der Waals surface area contributed by atoms with Crippen LogP contribution in [-0.4, -0.2) is 39.4 Å². The maximum atomic E-state index is 13.0. The van der Waals surface area contributed by atoms with Crippen molar-refractivity contribution in [1.82, 2.24) is 14.8 Å². The number of carbonyl (C=O) groups is 2. The van der Waals surface area contributed by atoms with Gasteiger partial charge in [-0.3, -0.25) is 9.59 Å².